The molecule has 1 aromatic rings. The molecule has 0 aliphatic carbocycles. The van der Waals surface area contributed by atoms with E-state index < -0.39 is 0 Å². The number of hydrogen-bond acceptors (Lipinski definition) is 4. The molecular formula is C13H20N4O. The van der Waals surface area contributed by atoms with Crippen molar-refractivity contribution in [1.29, 1.82) is 0 Å². The number of carbonyl (C=O) groups excluding carboxylic acids is 1. The van der Waals surface area contributed by atoms with E-state index in [0.29, 0.717) is 18.8 Å². The Bertz CT molecular complexity index is 386. The lowest BCUT2D eigenvalue weighted by Gasteiger charge is -2.10. The summed E-state index contributed by atoms with van der Waals surface area (Å²) in [6.07, 6.45) is 3.41. The van der Waals surface area contributed by atoms with Crippen LogP contribution >= 0.6 is 0 Å². The van der Waals surface area contributed by atoms with Gasteiger partial charge in [-0.05, 0) is 26.2 Å². The van der Waals surface area contributed by atoms with Gasteiger partial charge in [-0.25, -0.2) is 4.98 Å². The summed E-state index contributed by atoms with van der Waals surface area (Å²) >= 11 is 0. The summed E-state index contributed by atoms with van der Waals surface area (Å²) < 4.78 is 0. The van der Waals surface area contributed by atoms with E-state index in [9.17, 15) is 4.79 Å². The van der Waals surface area contributed by atoms with Crippen LogP contribution in [0.5, 0.6) is 0 Å². The quantitative estimate of drug-likeness (QED) is 0.706. The minimum absolute atomic E-state index is 0.146. The first kappa shape index (κ1) is 14.2. The zero-order chi connectivity index (χ0) is 13.4. The van der Waals surface area contributed by atoms with Gasteiger partial charge in [0.1, 0.15) is 5.69 Å². The van der Waals surface area contributed by atoms with E-state index in [0.717, 1.165) is 12.2 Å². The van der Waals surface area contributed by atoms with Crippen LogP contribution in [0, 0.1) is 0 Å². The molecule has 0 aromatic carbocycles. The number of carbonyl (C=O) groups is 1. The Hall–Kier alpha value is -1.88. The maximum atomic E-state index is 11.7. The van der Waals surface area contributed by atoms with Crippen LogP contribution in [-0.4, -0.2) is 49.5 Å². The zero-order valence-corrected chi connectivity index (χ0v) is 10.9. The number of rotatable bonds is 7. The molecule has 5 heteroatoms. The van der Waals surface area contributed by atoms with Crippen molar-refractivity contribution in [3.8, 4) is 0 Å². The van der Waals surface area contributed by atoms with Gasteiger partial charge >= 0.3 is 0 Å². The number of pyridine rings is 1. The van der Waals surface area contributed by atoms with Gasteiger partial charge in [0.05, 0.1) is 11.9 Å². The summed E-state index contributed by atoms with van der Waals surface area (Å²) in [5.74, 6) is -0.146. The second kappa shape index (κ2) is 7.45. The van der Waals surface area contributed by atoms with E-state index in [2.05, 4.69) is 22.2 Å². The number of amides is 1. The molecule has 5 nitrogen and oxygen atoms in total. The monoisotopic (exact) mass is 248 g/mol. The second-order valence-electron chi connectivity index (χ2n) is 4.16. The van der Waals surface area contributed by atoms with Crippen LogP contribution < -0.4 is 10.6 Å². The van der Waals surface area contributed by atoms with E-state index >= 15 is 0 Å². The lowest BCUT2D eigenvalue weighted by molar-refractivity contribution is 0.0946. The Labute approximate surface area is 108 Å². The number of anilines is 1. The first-order valence-corrected chi connectivity index (χ1v) is 5.87. The molecule has 0 saturated carbocycles. The van der Waals surface area contributed by atoms with E-state index in [1.165, 1.54) is 0 Å². The lowest BCUT2D eigenvalue weighted by Crippen LogP contribution is -2.31. The SMILES string of the molecule is C=CCNc1ccc(C(=O)NCCN(C)C)nc1. The number of aromatic nitrogens is 1. The molecule has 1 aromatic heterocycles. The topological polar surface area (TPSA) is 57.3 Å². The van der Waals surface area contributed by atoms with Crippen LogP contribution in [0.1, 0.15) is 10.5 Å². The fourth-order valence-electron chi connectivity index (χ4n) is 1.31. The molecule has 1 rings (SSSR count). The maximum Gasteiger partial charge on any atom is 0.269 e. The molecule has 0 aliphatic rings. The predicted molar refractivity (Wildman–Crippen MR) is 73.8 cm³/mol. The smallest absolute Gasteiger partial charge is 0.269 e. The normalized spacial score (nSPS) is 10.2. The molecule has 0 aliphatic heterocycles. The zero-order valence-electron chi connectivity index (χ0n) is 10.9. The molecule has 0 fully saturated rings. The van der Waals surface area contributed by atoms with E-state index in [4.69, 9.17) is 0 Å². The molecule has 0 saturated heterocycles. The fraction of sp³-hybridized carbons (Fsp3) is 0.385. The van der Waals surface area contributed by atoms with E-state index in [1.54, 1.807) is 18.3 Å². The van der Waals surface area contributed by atoms with Gasteiger partial charge in [0.2, 0.25) is 0 Å². The number of nitrogens with zero attached hydrogens (tertiary/aromatic N) is 2. The van der Waals surface area contributed by atoms with Crippen molar-refractivity contribution in [3.05, 3.63) is 36.7 Å². The van der Waals surface area contributed by atoms with E-state index in [-0.39, 0.29) is 5.91 Å². The highest BCUT2D eigenvalue weighted by molar-refractivity contribution is 5.92. The summed E-state index contributed by atoms with van der Waals surface area (Å²) in [6, 6.07) is 3.54. The Balaban J connectivity index is 2.45. The number of nitrogens with one attached hydrogen (secondary N) is 2. The van der Waals surface area contributed by atoms with Crippen LogP contribution in [0.15, 0.2) is 31.0 Å². The summed E-state index contributed by atoms with van der Waals surface area (Å²) in [5, 5.41) is 5.91. The van der Waals surface area contributed by atoms with Crippen LogP contribution in [-0.2, 0) is 0 Å². The number of likely N-dealkylation sites (N-methyl/N-ethyl adjacent to an activating group) is 1. The highest BCUT2D eigenvalue weighted by Crippen LogP contribution is 2.05. The van der Waals surface area contributed by atoms with Crippen molar-refractivity contribution in [2.75, 3.05) is 39.0 Å². The van der Waals surface area contributed by atoms with Gasteiger partial charge in [0.15, 0.2) is 0 Å². The van der Waals surface area contributed by atoms with Crippen LogP contribution in [0.4, 0.5) is 5.69 Å². The minimum Gasteiger partial charge on any atom is -0.380 e. The summed E-state index contributed by atoms with van der Waals surface area (Å²) in [4.78, 5) is 17.8. The molecule has 0 atom stereocenters. The molecule has 1 amide bonds. The molecule has 98 valence electrons. The van der Waals surface area contributed by atoms with Gasteiger partial charge in [-0.2, -0.15) is 0 Å². The molecule has 2 N–H and O–H groups in total. The summed E-state index contributed by atoms with van der Waals surface area (Å²) in [7, 11) is 3.93. The summed E-state index contributed by atoms with van der Waals surface area (Å²) in [6.45, 7) is 5.72. The van der Waals surface area contributed by atoms with Crippen molar-refractivity contribution < 1.29 is 4.79 Å². The van der Waals surface area contributed by atoms with Crippen molar-refractivity contribution in [2.24, 2.45) is 0 Å². The first-order valence-electron chi connectivity index (χ1n) is 5.87. The highest BCUT2D eigenvalue weighted by Gasteiger charge is 2.06. The average molecular weight is 248 g/mol. The molecular weight excluding hydrogens is 228 g/mol. The largest absolute Gasteiger partial charge is 0.380 e. The Morgan fingerprint density at radius 3 is 2.83 bits per heavy atom. The Kier molecular flexibility index (Phi) is 5.87. The van der Waals surface area contributed by atoms with Crippen molar-refractivity contribution >= 4 is 11.6 Å². The average Bonchev–Trinajstić information content (AvgIpc) is 2.36. The van der Waals surface area contributed by atoms with Crippen molar-refractivity contribution in [3.63, 3.8) is 0 Å². The van der Waals surface area contributed by atoms with Crippen LogP contribution in [0.3, 0.4) is 0 Å². The fourth-order valence-corrected chi connectivity index (χ4v) is 1.31. The van der Waals surface area contributed by atoms with Crippen LogP contribution in [0.2, 0.25) is 0 Å². The molecule has 0 spiro atoms. The summed E-state index contributed by atoms with van der Waals surface area (Å²) in [5.41, 5.74) is 1.30. The predicted octanol–water partition coefficient (Wildman–Crippen LogP) is 0.971. The molecule has 0 radical (unpaired) electrons. The second-order valence-corrected chi connectivity index (χ2v) is 4.16. The van der Waals surface area contributed by atoms with Gasteiger partial charge in [-0.3, -0.25) is 4.79 Å². The van der Waals surface area contributed by atoms with Crippen molar-refractivity contribution in [1.82, 2.24) is 15.2 Å². The molecule has 18 heavy (non-hydrogen) atoms. The standard InChI is InChI=1S/C13H20N4O/c1-4-7-14-11-5-6-12(16-10-11)13(18)15-8-9-17(2)3/h4-6,10,14H,1,7-9H2,2-3H3,(H,15,18). The highest BCUT2D eigenvalue weighted by atomic mass is 16.1. The third-order valence-corrected chi connectivity index (χ3v) is 2.29. The lowest BCUT2D eigenvalue weighted by atomic mass is 10.3. The van der Waals surface area contributed by atoms with Crippen LogP contribution in [0.25, 0.3) is 0 Å². The van der Waals surface area contributed by atoms with Gasteiger partial charge in [0, 0.05) is 19.6 Å². The van der Waals surface area contributed by atoms with Gasteiger partial charge in [0.25, 0.3) is 5.91 Å². The third-order valence-electron chi connectivity index (χ3n) is 2.29. The minimum atomic E-state index is -0.146. The first-order chi connectivity index (χ1) is 8.63. The maximum absolute atomic E-state index is 11.7. The van der Waals surface area contributed by atoms with Crippen molar-refractivity contribution in [2.45, 2.75) is 0 Å². The van der Waals surface area contributed by atoms with E-state index in [1.807, 2.05) is 25.1 Å². The Morgan fingerprint density at radius 2 is 2.28 bits per heavy atom. The number of hydrogen-bond donors (Lipinski definition) is 2. The van der Waals surface area contributed by atoms with Gasteiger partial charge < -0.3 is 15.5 Å². The van der Waals surface area contributed by atoms with Gasteiger partial charge in [-0.1, -0.05) is 6.08 Å². The molecule has 1 heterocycles. The van der Waals surface area contributed by atoms with Gasteiger partial charge in [-0.15, -0.1) is 6.58 Å². The molecule has 0 unspecified atom stereocenters. The third kappa shape index (κ3) is 4.97. The molecule has 0 bridgehead atoms. The Morgan fingerprint density at radius 1 is 1.50 bits per heavy atom.